The number of carbonyl (C=O) groups is 1. The number of hydrogen-bond acceptors (Lipinski definition) is 4. The summed E-state index contributed by atoms with van der Waals surface area (Å²) in [4.78, 5) is 14.6. The van der Waals surface area contributed by atoms with Gasteiger partial charge in [-0.25, -0.2) is 0 Å². The Morgan fingerprint density at radius 2 is 2.07 bits per heavy atom. The zero-order valence-corrected chi connectivity index (χ0v) is 19.0. The summed E-state index contributed by atoms with van der Waals surface area (Å²) >= 11 is 1.93. The lowest BCUT2D eigenvalue weighted by atomic mass is 10.1. The van der Waals surface area contributed by atoms with E-state index in [0.717, 1.165) is 37.7 Å². The lowest BCUT2D eigenvalue weighted by Crippen LogP contribution is -2.41. The topological polar surface area (TPSA) is 44.4 Å². The van der Waals surface area contributed by atoms with E-state index in [-0.39, 0.29) is 30.7 Å². The van der Waals surface area contributed by atoms with Crippen LogP contribution in [0.2, 0.25) is 0 Å². The summed E-state index contributed by atoms with van der Waals surface area (Å²) in [6.45, 7) is 9.30. The molecule has 1 saturated heterocycles. The van der Waals surface area contributed by atoms with Crippen LogP contribution in [0.4, 0.5) is 0 Å². The van der Waals surface area contributed by atoms with Crippen molar-refractivity contribution >= 4 is 42.5 Å². The number of carbonyl (C=O) groups excluding carboxylic acids is 1. The highest BCUT2D eigenvalue weighted by atomic mass is 35.5. The highest BCUT2D eigenvalue weighted by molar-refractivity contribution is 7.99. The van der Waals surface area contributed by atoms with Crippen molar-refractivity contribution in [1.29, 1.82) is 0 Å². The first-order valence-electron chi connectivity index (χ1n) is 9.59. The molecule has 1 aliphatic heterocycles. The molecule has 0 bridgehead atoms. The Morgan fingerprint density at radius 1 is 1.30 bits per heavy atom. The Hall–Kier alpha value is -0.460. The van der Waals surface area contributed by atoms with Gasteiger partial charge in [-0.1, -0.05) is 44.5 Å². The molecular formula is C20H35Cl2N3OS. The second-order valence-electron chi connectivity index (χ2n) is 6.75. The largest absolute Gasteiger partial charge is 0.352 e. The van der Waals surface area contributed by atoms with Crippen LogP contribution in [0.25, 0.3) is 0 Å². The van der Waals surface area contributed by atoms with Gasteiger partial charge in [-0.05, 0) is 30.6 Å². The number of rotatable bonds is 10. The minimum atomic E-state index is 0. The van der Waals surface area contributed by atoms with E-state index in [4.69, 9.17) is 0 Å². The molecule has 0 saturated carbocycles. The molecule has 0 aromatic heterocycles. The molecule has 1 fully saturated rings. The molecule has 4 nitrogen and oxygen atoms in total. The van der Waals surface area contributed by atoms with E-state index < -0.39 is 0 Å². The van der Waals surface area contributed by atoms with E-state index >= 15 is 0 Å². The van der Waals surface area contributed by atoms with Crippen LogP contribution in [0, 0.1) is 0 Å². The molecule has 2 N–H and O–H groups in total. The van der Waals surface area contributed by atoms with Crippen molar-refractivity contribution in [2.75, 3.05) is 31.1 Å². The predicted molar refractivity (Wildman–Crippen MR) is 122 cm³/mol. The minimum Gasteiger partial charge on any atom is -0.352 e. The number of nitrogens with zero attached hydrogens (tertiary/aromatic N) is 1. The van der Waals surface area contributed by atoms with Crippen LogP contribution in [-0.2, 0) is 17.9 Å². The van der Waals surface area contributed by atoms with Gasteiger partial charge in [0, 0.05) is 43.6 Å². The van der Waals surface area contributed by atoms with Crippen molar-refractivity contribution in [1.82, 2.24) is 15.5 Å². The van der Waals surface area contributed by atoms with Crippen molar-refractivity contribution in [3.8, 4) is 0 Å². The van der Waals surface area contributed by atoms with Crippen molar-refractivity contribution in [3.05, 3.63) is 35.4 Å². The molecule has 2 rings (SSSR count). The van der Waals surface area contributed by atoms with Gasteiger partial charge in [-0.3, -0.25) is 9.69 Å². The third kappa shape index (κ3) is 10.6. The van der Waals surface area contributed by atoms with Gasteiger partial charge in [0.2, 0.25) is 5.91 Å². The van der Waals surface area contributed by atoms with Crippen LogP contribution in [0.3, 0.4) is 0 Å². The van der Waals surface area contributed by atoms with E-state index in [0.29, 0.717) is 19.0 Å². The number of nitrogens with one attached hydrogen (secondary N) is 2. The van der Waals surface area contributed by atoms with Crippen LogP contribution < -0.4 is 10.6 Å². The molecule has 27 heavy (non-hydrogen) atoms. The summed E-state index contributed by atoms with van der Waals surface area (Å²) in [6, 6.07) is 8.93. The highest BCUT2D eigenvalue weighted by Gasteiger charge is 2.16. The molecular weight excluding hydrogens is 401 g/mol. The van der Waals surface area contributed by atoms with E-state index in [1.165, 1.54) is 24.0 Å². The van der Waals surface area contributed by atoms with Gasteiger partial charge < -0.3 is 10.6 Å². The van der Waals surface area contributed by atoms with Crippen molar-refractivity contribution < 1.29 is 4.79 Å². The maximum Gasteiger partial charge on any atom is 0.221 e. The maximum absolute atomic E-state index is 12.1. The molecule has 1 aromatic carbocycles. The molecule has 0 radical (unpaired) electrons. The Morgan fingerprint density at radius 3 is 2.74 bits per heavy atom. The molecule has 7 heteroatoms. The number of benzene rings is 1. The zero-order valence-electron chi connectivity index (χ0n) is 16.5. The molecule has 1 aromatic rings. The predicted octanol–water partition coefficient (Wildman–Crippen LogP) is 3.86. The molecule has 1 amide bonds. The van der Waals surface area contributed by atoms with Crippen LogP contribution in [-0.4, -0.2) is 48.0 Å². The SMILES string of the molecule is CCCCN(CC)Cc1cccc(CNC(=O)CC2CSCCN2)c1.Cl.Cl. The summed E-state index contributed by atoms with van der Waals surface area (Å²) in [5.41, 5.74) is 2.51. The van der Waals surface area contributed by atoms with Gasteiger partial charge in [0.05, 0.1) is 0 Å². The summed E-state index contributed by atoms with van der Waals surface area (Å²) in [6.07, 6.45) is 3.06. The summed E-state index contributed by atoms with van der Waals surface area (Å²) < 4.78 is 0. The first-order valence-corrected chi connectivity index (χ1v) is 10.7. The molecule has 1 heterocycles. The Bertz CT molecular complexity index is 528. The molecule has 0 spiro atoms. The number of hydrogen-bond donors (Lipinski definition) is 2. The van der Waals surface area contributed by atoms with Gasteiger partial charge in [0.25, 0.3) is 0 Å². The number of thioether (sulfide) groups is 1. The fraction of sp³-hybridized carbons (Fsp3) is 0.650. The second kappa shape index (κ2) is 15.5. The van der Waals surface area contributed by atoms with Crippen molar-refractivity contribution in [2.24, 2.45) is 0 Å². The van der Waals surface area contributed by atoms with Gasteiger partial charge in [-0.15, -0.1) is 24.8 Å². The second-order valence-corrected chi connectivity index (χ2v) is 7.90. The molecule has 1 atom stereocenters. The third-order valence-electron chi connectivity index (χ3n) is 4.59. The van der Waals surface area contributed by atoms with Gasteiger partial charge in [-0.2, -0.15) is 11.8 Å². The maximum atomic E-state index is 12.1. The average Bonchev–Trinajstić information content (AvgIpc) is 2.64. The van der Waals surface area contributed by atoms with Crippen LogP contribution >= 0.6 is 36.6 Å². The first-order chi connectivity index (χ1) is 12.2. The average molecular weight is 436 g/mol. The Labute approximate surface area is 181 Å². The van der Waals surface area contributed by atoms with Crippen LogP contribution in [0.1, 0.15) is 44.2 Å². The number of halogens is 2. The molecule has 1 unspecified atom stereocenters. The molecule has 156 valence electrons. The Kier molecular flexibility index (Phi) is 15.2. The summed E-state index contributed by atoms with van der Waals surface area (Å²) in [7, 11) is 0. The van der Waals surface area contributed by atoms with E-state index in [1.807, 2.05) is 11.8 Å². The molecule has 1 aliphatic rings. The molecule has 0 aliphatic carbocycles. The number of amides is 1. The highest BCUT2D eigenvalue weighted by Crippen LogP contribution is 2.11. The third-order valence-corrected chi connectivity index (χ3v) is 5.72. The van der Waals surface area contributed by atoms with Gasteiger partial charge in [0.15, 0.2) is 0 Å². The van der Waals surface area contributed by atoms with E-state index in [9.17, 15) is 4.79 Å². The number of unbranched alkanes of at least 4 members (excludes halogenated alkanes) is 1. The van der Waals surface area contributed by atoms with Crippen LogP contribution in [0.5, 0.6) is 0 Å². The lowest BCUT2D eigenvalue weighted by Gasteiger charge is -2.22. The Balaban J connectivity index is 0.00000338. The van der Waals surface area contributed by atoms with Crippen molar-refractivity contribution in [3.63, 3.8) is 0 Å². The van der Waals surface area contributed by atoms with Crippen LogP contribution in [0.15, 0.2) is 24.3 Å². The fourth-order valence-electron chi connectivity index (χ4n) is 3.07. The minimum absolute atomic E-state index is 0. The standard InChI is InChI=1S/C20H33N3OS.2ClH/c1-3-5-10-23(4-2)15-18-8-6-7-17(12-18)14-22-20(24)13-19-16-25-11-9-21-19;;/h6-8,12,19,21H,3-5,9-11,13-16H2,1-2H3,(H,22,24);2*1H. The smallest absolute Gasteiger partial charge is 0.221 e. The zero-order chi connectivity index (χ0) is 17.9. The van der Waals surface area contributed by atoms with E-state index in [2.05, 4.69) is 53.6 Å². The van der Waals surface area contributed by atoms with Gasteiger partial charge in [0.1, 0.15) is 0 Å². The quantitative estimate of drug-likeness (QED) is 0.585. The normalized spacial score (nSPS) is 16.3. The van der Waals surface area contributed by atoms with Gasteiger partial charge >= 0.3 is 0 Å². The first kappa shape index (κ1) is 26.5. The summed E-state index contributed by atoms with van der Waals surface area (Å²) in [5, 5.41) is 6.49. The summed E-state index contributed by atoms with van der Waals surface area (Å²) in [5.74, 6) is 2.33. The lowest BCUT2D eigenvalue weighted by molar-refractivity contribution is -0.121. The van der Waals surface area contributed by atoms with E-state index in [1.54, 1.807) is 0 Å². The van der Waals surface area contributed by atoms with Crippen molar-refractivity contribution in [2.45, 2.75) is 52.2 Å². The fourth-order valence-corrected chi connectivity index (χ4v) is 4.02. The monoisotopic (exact) mass is 435 g/mol.